The van der Waals surface area contributed by atoms with Crippen molar-refractivity contribution in [2.75, 3.05) is 13.1 Å². The summed E-state index contributed by atoms with van der Waals surface area (Å²) in [4.78, 5) is 18.5. The second-order valence-corrected chi connectivity index (χ2v) is 9.19. The lowest BCUT2D eigenvalue weighted by Gasteiger charge is -2.49. The molecule has 2 aromatic rings. The van der Waals surface area contributed by atoms with Gasteiger partial charge < -0.3 is 9.64 Å². The molecule has 1 aromatic heterocycles. The number of amides is 1. The van der Waals surface area contributed by atoms with Gasteiger partial charge in [0.2, 0.25) is 0 Å². The van der Waals surface area contributed by atoms with Crippen LogP contribution in [0.5, 0.6) is 0 Å². The van der Waals surface area contributed by atoms with Gasteiger partial charge in [0.05, 0.1) is 18.2 Å². The van der Waals surface area contributed by atoms with E-state index in [1.807, 2.05) is 42.2 Å². The van der Waals surface area contributed by atoms with Crippen molar-refractivity contribution in [3.05, 3.63) is 65.5 Å². The number of pyridine rings is 1. The number of nitrogens with zero attached hydrogens (tertiary/aromatic N) is 2. The number of carbonyl (C=O) groups is 1. The van der Waals surface area contributed by atoms with Crippen LogP contribution in [-0.2, 0) is 17.3 Å². The molecule has 2 fully saturated rings. The smallest absolute Gasteiger partial charge is 0.368 e. The molecule has 4 nitrogen and oxygen atoms in total. The summed E-state index contributed by atoms with van der Waals surface area (Å²) in [5.74, 6) is 0.555. The molecule has 1 atom stereocenters. The van der Waals surface area contributed by atoms with Gasteiger partial charge >= 0.3 is 6.18 Å². The molecule has 0 radical (unpaired) electrons. The summed E-state index contributed by atoms with van der Waals surface area (Å²) in [6.07, 6.45) is 2.35. The Bertz CT molecular complexity index is 907. The topological polar surface area (TPSA) is 42.4 Å². The van der Waals surface area contributed by atoms with Crippen LogP contribution in [0.25, 0.3) is 0 Å². The average molecular weight is 447 g/mol. The first-order valence-corrected chi connectivity index (χ1v) is 11.3. The van der Waals surface area contributed by atoms with Gasteiger partial charge in [-0.1, -0.05) is 24.3 Å². The highest BCUT2D eigenvalue weighted by atomic mass is 19.4. The molecule has 1 aliphatic heterocycles. The Kier molecular flexibility index (Phi) is 6.56. The van der Waals surface area contributed by atoms with Crippen molar-refractivity contribution < 1.29 is 22.7 Å². The quantitative estimate of drug-likeness (QED) is 0.621. The summed E-state index contributed by atoms with van der Waals surface area (Å²) in [6.45, 7) is 3.23. The number of hydrogen-bond acceptors (Lipinski definition) is 3. The number of aryl methyl sites for hydroxylation is 1. The van der Waals surface area contributed by atoms with Crippen LogP contribution in [0.15, 0.2) is 48.7 Å². The van der Waals surface area contributed by atoms with Gasteiger partial charge in [-0.15, -0.1) is 0 Å². The Labute approximate surface area is 186 Å². The number of carbonyl (C=O) groups excluding carboxylic acids is 1. The molecule has 2 aliphatic rings. The first-order valence-electron chi connectivity index (χ1n) is 11.3. The normalized spacial score (nSPS) is 26.3. The maximum atomic E-state index is 13.0. The summed E-state index contributed by atoms with van der Waals surface area (Å²) in [6, 6.07) is 11.9. The molecule has 4 rings (SSSR count). The highest BCUT2D eigenvalue weighted by molar-refractivity contribution is 5.94. The Morgan fingerprint density at radius 3 is 2.50 bits per heavy atom. The van der Waals surface area contributed by atoms with Crippen LogP contribution in [0, 0.1) is 5.92 Å². The van der Waals surface area contributed by atoms with Crippen molar-refractivity contribution in [2.45, 2.75) is 63.3 Å². The molecule has 2 heterocycles. The van der Waals surface area contributed by atoms with Crippen molar-refractivity contribution in [3.63, 3.8) is 0 Å². The predicted molar refractivity (Wildman–Crippen MR) is 115 cm³/mol. The van der Waals surface area contributed by atoms with Gasteiger partial charge in [-0.05, 0) is 75.1 Å². The Balaban J connectivity index is 1.31. The number of hydrogen-bond donors (Lipinski definition) is 0. The number of rotatable bonds is 4. The van der Waals surface area contributed by atoms with Crippen molar-refractivity contribution >= 4 is 5.91 Å². The molecule has 1 saturated carbocycles. The van der Waals surface area contributed by atoms with E-state index in [1.165, 1.54) is 12.3 Å². The minimum atomic E-state index is -4.40. The van der Waals surface area contributed by atoms with Crippen LogP contribution in [0.1, 0.15) is 60.6 Å². The van der Waals surface area contributed by atoms with Crippen molar-refractivity contribution in [1.29, 1.82) is 0 Å². The zero-order chi connectivity index (χ0) is 22.8. The van der Waals surface area contributed by atoms with Crippen LogP contribution in [0.4, 0.5) is 13.2 Å². The van der Waals surface area contributed by atoms with Gasteiger partial charge in [-0.2, -0.15) is 13.2 Å². The van der Waals surface area contributed by atoms with E-state index in [9.17, 15) is 18.0 Å². The molecule has 7 heteroatoms. The van der Waals surface area contributed by atoms with Gasteiger partial charge in [0.15, 0.2) is 0 Å². The van der Waals surface area contributed by atoms with E-state index in [0.717, 1.165) is 50.2 Å². The minimum Gasteiger partial charge on any atom is -0.368 e. The molecule has 1 saturated heterocycles. The van der Waals surface area contributed by atoms with E-state index in [4.69, 9.17) is 4.74 Å². The van der Waals surface area contributed by atoms with Crippen LogP contribution in [0.2, 0.25) is 0 Å². The fraction of sp³-hybridized carbons (Fsp3) is 0.520. The number of ether oxygens (including phenoxy) is 1. The standard InChI is InChI=1S/C25H29F3N2O2/c1-18-16-30(23(31)21-5-3-2-4-6-21)17-24(32-18)13-11-19(12-14-24)7-8-20-9-10-22(29-15-20)25(26,27)28/h2-6,9-10,15,18-19H,7-8,11-14,16-17H2,1H3. The highest BCUT2D eigenvalue weighted by Gasteiger charge is 2.43. The lowest BCUT2D eigenvalue weighted by Crippen LogP contribution is -2.57. The Hall–Kier alpha value is -2.41. The van der Waals surface area contributed by atoms with E-state index in [2.05, 4.69) is 4.98 Å². The van der Waals surface area contributed by atoms with Gasteiger partial charge in [0, 0.05) is 18.3 Å². The summed E-state index contributed by atoms with van der Waals surface area (Å²) in [7, 11) is 0. The Morgan fingerprint density at radius 2 is 1.88 bits per heavy atom. The highest BCUT2D eigenvalue weighted by Crippen LogP contribution is 2.40. The summed E-state index contributed by atoms with van der Waals surface area (Å²) in [5, 5.41) is 0. The third kappa shape index (κ3) is 5.31. The van der Waals surface area contributed by atoms with Crippen molar-refractivity contribution in [3.8, 4) is 0 Å². The molecule has 0 bridgehead atoms. The van der Waals surface area contributed by atoms with E-state index < -0.39 is 11.9 Å². The lowest BCUT2D eigenvalue weighted by molar-refractivity contribution is -0.159. The molecule has 172 valence electrons. The number of halogens is 3. The van der Waals surface area contributed by atoms with Crippen LogP contribution < -0.4 is 0 Å². The molecular weight excluding hydrogens is 417 g/mol. The van der Waals surface area contributed by atoms with Crippen molar-refractivity contribution in [1.82, 2.24) is 9.88 Å². The fourth-order valence-electron chi connectivity index (χ4n) is 5.02. The van der Waals surface area contributed by atoms with Crippen molar-refractivity contribution in [2.24, 2.45) is 5.92 Å². The SMILES string of the molecule is CC1CN(C(=O)c2ccccc2)CC2(CCC(CCc3ccc(C(F)(F)F)nc3)CC2)O1. The first kappa shape index (κ1) is 22.8. The third-order valence-electron chi connectivity index (χ3n) is 6.69. The summed E-state index contributed by atoms with van der Waals surface area (Å²) >= 11 is 0. The van der Waals surface area contributed by atoms with Gasteiger partial charge in [-0.25, -0.2) is 0 Å². The zero-order valence-electron chi connectivity index (χ0n) is 18.3. The first-order chi connectivity index (χ1) is 15.2. The predicted octanol–water partition coefficient (Wildman–Crippen LogP) is 5.52. The largest absolute Gasteiger partial charge is 0.433 e. The molecule has 1 amide bonds. The maximum Gasteiger partial charge on any atom is 0.433 e. The number of benzene rings is 1. The average Bonchev–Trinajstić information content (AvgIpc) is 2.78. The van der Waals surface area contributed by atoms with E-state index >= 15 is 0 Å². The number of aromatic nitrogens is 1. The Morgan fingerprint density at radius 1 is 1.16 bits per heavy atom. The molecule has 1 aliphatic carbocycles. The molecular formula is C25H29F3N2O2. The fourth-order valence-corrected chi connectivity index (χ4v) is 5.02. The lowest BCUT2D eigenvalue weighted by atomic mass is 9.75. The number of morpholine rings is 1. The zero-order valence-corrected chi connectivity index (χ0v) is 18.3. The van der Waals surface area contributed by atoms with Gasteiger partial charge in [0.1, 0.15) is 5.69 Å². The molecule has 32 heavy (non-hydrogen) atoms. The van der Waals surface area contributed by atoms with Crippen LogP contribution >= 0.6 is 0 Å². The van der Waals surface area contributed by atoms with Crippen LogP contribution in [0.3, 0.4) is 0 Å². The van der Waals surface area contributed by atoms with Crippen LogP contribution in [-0.4, -0.2) is 40.6 Å². The van der Waals surface area contributed by atoms with E-state index in [-0.39, 0.29) is 17.6 Å². The number of alkyl halides is 3. The molecule has 0 N–H and O–H groups in total. The third-order valence-corrected chi connectivity index (χ3v) is 6.69. The van der Waals surface area contributed by atoms with E-state index in [1.54, 1.807) is 0 Å². The monoisotopic (exact) mass is 446 g/mol. The second kappa shape index (κ2) is 9.22. The minimum absolute atomic E-state index is 0.00816. The molecule has 1 spiro atoms. The summed E-state index contributed by atoms with van der Waals surface area (Å²) in [5.41, 5.74) is 0.393. The summed E-state index contributed by atoms with van der Waals surface area (Å²) < 4.78 is 44.4. The molecule has 1 aromatic carbocycles. The molecule has 1 unspecified atom stereocenters. The maximum absolute atomic E-state index is 13.0. The second-order valence-electron chi connectivity index (χ2n) is 9.19. The van der Waals surface area contributed by atoms with E-state index in [0.29, 0.717) is 24.6 Å². The van der Waals surface area contributed by atoms with Gasteiger partial charge in [-0.3, -0.25) is 9.78 Å². The van der Waals surface area contributed by atoms with Gasteiger partial charge in [0.25, 0.3) is 5.91 Å².